The van der Waals surface area contributed by atoms with Crippen molar-refractivity contribution in [3.63, 3.8) is 0 Å². The first-order valence-corrected chi connectivity index (χ1v) is 20.5. The number of ether oxygens (including phenoxy) is 4. The number of allylic oxidation sites excluding steroid dienone is 1. The Labute approximate surface area is 307 Å². The lowest BCUT2D eigenvalue weighted by atomic mass is 9.39. The maximum Gasteiger partial charge on any atom is 0.161 e. The molecule has 2 saturated heterocycles. The maximum atomic E-state index is 11.3. The molecule has 51 heavy (non-hydrogen) atoms. The zero-order valence-corrected chi connectivity index (χ0v) is 33.0. The van der Waals surface area contributed by atoms with Crippen LogP contribution in [0, 0.1) is 45.3 Å². The highest BCUT2D eigenvalue weighted by Crippen LogP contribution is 2.75. The molecule has 4 aliphatic carbocycles. The van der Waals surface area contributed by atoms with Crippen molar-refractivity contribution in [2.24, 2.45) is 45.3 Å². The van der Waals surface area contributed by atoms with Gasteiger partial charge in [0.25, 0.3) is 0 Å². The van der Waals surface area contributed by atoms with Crippen molar-refractivity contribution < 1.29 is 44.5 Å². The first-order chi connectivity index (χ1) is 23.8. The molecule has 0 aromatic carbocycles. The standard InChI is InChI=1S/C42H72O9/c1-25(30-15-16-42(8)33-12-10-31-32(11-13-34(46)38(31,2)3)40(33,6)17-18-41(30,42)7)9-14-35(39(4,5)47)51-37-22-27(45)20-29(50-37)24-48-36-21-26(44)19-28(23-43)49-36/h10,25-30,32-37,43-47H,9,11-24H2,1-8H3/t25-,26+,27+,28+,29+,30-,32?,33-,34+,35-,36-,37+,40+,41-,42+/m1/s1. The quantitative estimate of drug-likeness (QED) is 0.157. The van der Waals surface area contributed by atoms with Gasteiger partial charge in [-0.25, -0.2) is 0 Å². The molecule has 2 heterocycles. The van der Waals surface area contributed by atoms with E-state index in [2.05, 4.69) is 47.6 Å². The Morgan fingerprint density at radius 3 is 2.20 bits per heavy atom. The summed E-state index contributed by atoms with van der Waals surface area (Å²) in [6.07, 6.45) is 9.65. The normalized spacial score (nSPS) is 46.7. The third-order valence-corrected chi connectivity index (χ3v) is 15.9. The third kappa shape index (κ3) is 7.52. The van der Waals surface area contributed by atoms with Crippen LogP contribution in [-0.4, -0.2) is 93.6 Å². The van der Waals surface area contributed by atoms with Crippen molar-refractivity contribution >= 4 is 0 Å². The van der Waals surface area contributed by atoms with Crippen LogP contribution in [0.4, 0.5) is 0 Å². The summed E-state index contributed by atoms with van der Waals surface area (Å²) in [5, 5.41) is 52.6. The van der Waals surface area contributed by atoms with Crippen molar-refractivity contribution in [2.75, 3.05) is 13.2 Å². The molecule has 3 saturated carbocycles. The van der Waals surface area contributed by atoms with Gasteiger partial charge in [0.05, 0.1) is 55.4 Å². The van der Waals surface area contributed by atoms with E-state index in [1.807, 2.05) is 0 Å². The Bertz CT molecular complexity index is 1230. The second-order valence-corrected chi connectivity index (χ2v) is 19.8. The van der Waals surface area contributed by atoms with Crippen molar-refractivity contribution in [2.45, 2.75) is 194 Å². The summed E-state index contributed by atoms with van der Waals surface area (Å²) in [6.45, 7) is 18.4. The molecule has 0 radical (unpaired) electrons. The number of fused-ring (bicyclic) bond motifs is 5. The van der Waals surface area contributed by atoms with Gasteiger partial charge < -0.3 is 44.5 Å². The molecule has 2 aliphatic heterocycles. The van der Waals surface area contributed by atoms with Gasteiger partial charge in [-0.05, 0) is 112 Å². The van der Waals surface area contributed by atoms with Gasteiger partial charge in [-0.1, -0.05) is 53.2 Å². The maximum absolute atomic E-state index is 11.3. The van der Waals surface area contributed by atoms with Crippen LogP contribution in [0.15, 0.2) is 11.6 Å². The molecule has 0 bridgehead atoms. The molecule has 9 heteroatoms. The van der Waals surface area contributed by atoms with Gasteiger partial charge >= 0.3 is 0 Å². The predicted molar refractivity (Wildman–Crippen MR) is 195 cm³/mol. The van der Waals surface area contributed by atoms with Crippen LogP contribution in [0.1, 0.15) is 139 Å². The molecule has 5 N–H and O–H groups in total. The number of hydrogen-bond donors (Lipinski definition) is 5. The molecule has 0 spiro atoms. The average Bonchev–Trinajstić information content (AvgIpc) is 3.33. The van der Waals surface area contributed by atoms with Crippen molar-refractivity contribution in [1.29, 1.82) is 0 Å². The van der Waals surface area contributed by atoms with E-state index in [0.29, 0.717) is 55.8 Å². The molecule has 6 rings (SSSR count). The fraction of sp³-hybridized carbons (Fsp3) is 0.952. The number of hydrogen-bond acceptors (Lipinski definition) is 9. The lowest BCUT2D eigenvalue weighted by Gasteiger charge is -2.66. The topological polar surface area (TPSA) is 138 Å². The highest BCUT2D eigenvalue weighted by atomic mass is 16.7. The van der Waals surface area contributed by atoms with E-state index in [1.165, 1.54) is 31.3 Å². The minimum absolute atomic E-state index is 0.140. The van der Waals surface area contributed by atoms with Crippen LogP contribution in [0.2, 0.25) is 0 Å². The van der Waals surface area contributed by atoms with Crippen LogP contribution in [-0.2, 0) is 18.9 Å². The lowest BCUT2D eigenvalue weighted by Crippen LogP contribution is -2.59. The van der Waals surface area contributed by atoms with Gasteiger partial charge in [0.1, 0.15) is 0 Å². The Balaban J connectivity index is 1.08. The number of aliphatic hydroxyl groups excluding tert-OH is 4. The van der Waals surface area contributed by atoms with Crippen LogP contribution in [0.5, 0.6) is 0 Å². The zero-order chi connectivity index (χ0) is 37.1. The SMILES string of the molecule is C[C@H](CC[C@@H](O[C@H]1C[C@@H](O)C[C@@H](CO[C@H]2C[C@@H](O)C[C@@H](CO)O2)O1)C(C)(C)O)[C@H]1CC[C@@]2(C)[C@@H]3CC=C4C(CC[C@H](O)C4(C)C)[C@]3(C)CC[C@]12C. The van der Waals surface area contributed by atoms with Crippen LogP contribution in [0.3, 0.4) is 0 Å². The summed E-state index contributed by atoms with van der Waals surface area (Å²) >= 11 is 0. The molecule has 294 valence electrons. The summed E-state index contributed by atoms with van der Waals surface area (Å²) in [4.78, 5) is 0. The Kier molecular flexibility index (Phi) is 11.6. The molecular formula is C42H72O9. The van der Waals surface area contributed by atoms with E-state index >= 15 is 0 Å². The second kappa shape index (κ2) is 14.8. The van der Waals surface area contributed by atoms with Gasteiger partial charge in [0.15, 0.2) is 12.6 Å². The summed E-state index contributed by atoms with van der Waals surface area (Å²) in [5.74, 6) is 2.28. The van der Waals surface area contributed by atoms with Crippen molar-refractivity contribution in [3.05, 3.63) is 11.6 Å². The minimum atomic E-state index is -1.09. The zero-order valence-electron chi connectivity index (χ0n) is 33.0. The van der Waals surface area contributed by atoms with E-state index in [9.17, 15) is 25.5 Å². The van der Waals surface area contributed by atoms with Gasteiger partial charge in [-0.3, -0.25) is 0 Å². The third-order valence-electron chi connectivity index (χ3n) is 15.9. The molecule has 0 aromatic rings. The minimum Gasteiger partial charge on any atom is -0.394 e. The largest absolute Gasteiger partial charge is 0.394 e. The first kappa shape index (κ1) is 40.1. The molecule has 15 atom stereocenters. The van der Waals surface area contributed by atoms with Gasteiger partial charge in [-0.2, -0.15) is 0 Å². The van der Waals surface area contributed by atoms with Crippen molar-refractivity contribution in [1.82, 2.24) is 0 Å². The summed E-state index contributed by atoms with van der Waals surface area (Å²) in [5.41, 5.74) is 1.07. The van der Waals surface area contributed by atoms with Gasteiger partial charge in [0.2, 0.25) is 0 Å². The highest BCUT2D eigenvalue weighted by molar-refractivity contribution is 5.30. The Morgan fingerprint density at radius 2 is 1.51 bits per heavy atom. The molecule has 9 nitrogen and oxygen atoms in total. The van der Waals surface area contributed by atoms with Crippen LogP contribution < -0.4 is 0 Å². The van der Waals surface area contributed by atoms with E-state index in [-0.39, 0.29) is 41.0 Å². The Morgan fingerprint density at radius 1 is 0.843 bits per heavy atom. The fourth-order valence-electron chi connectivity index (χ4n) is 12.5. The molecule has 5 fully saturated rings. The fourth-order valence-corrected chi connectivity index (χ4v) is 12.5. The smallest absolute Gasteiger partial charge is 0.161 e. The summed E-state index contributed by atoms with van der Waals surface area (Å²) in [7, 11) is 0. The second-order valence-electron chi connectivity index (χ2n) is 19.8. The van der Waals surface area contributed by atoms with Crippen LogP contribution in [0.25, 0.3) is 0 Å². The number of rotatable bonds is 11. The van der Waals surface area contributed by atoms with Gasteiger partial charge in [0, 0.05) is 31.1 Å². The Hall–Kier alpha value is -0.620. The molecule has 6 aliphatic rings. The first-order valence-electron chi connectivity index (χ1n) is 20.5. The predicted octanol–water partition coefficient (Wildman–Crippen LogP) is 6.27. The van der Waals surface area contributed by atoms with Crippen molar-refractivity contribution in [3.8, 4) is 0 Å². The molecular weight excluding hydrogens is 648 g/mol. The van der Waals surface area contributed by atoms with E-state index in [0.717, 1.165) is 25.7 Å². The molecule has 0 aromatic heterocycles. The molecule has 0 amide bonds. The monoisotopic (exact) mass is 721 g/mol. The van der Waals surface area contributed by atoms with E-state index in [4.69, 9.17) is 18.9 Å². The molecule has 1 unspecified atom stereocenters. The average molecular weight is 721 g/mol. The summed E-state index contributed by atoms with van der Waals surface area (Å²) < 4.78 is 24.4. The van der Waals surface area contributed by atoms with Gasteiger partial charge in [-0.15, -0.1) is 0 Å². The van der Waals surface area contributed by atoms with E-state index < -0.39 is 48.7 Å². The van der Waals surface area contributed by atoms with Crippen LogP contribution >= 0.6 is 0 Å². The number of aliphatic hydroxyl groups is 5. The highest BCUT2D eigenvalue weighted by Gasteiger charge is 2.67. The lowest BCUT2D eigenvalue weighted by molar-refractivity contribution is -0.279. The summed E-state index contributed by atoms with van der Waals surface area (Å²) in [6, 6.07) is 0. The van der Waals surface area contributed by atoms with E-state index in [1.54, 1.807) is 13.8 Å².